The van der Waals surface area contributed by atoms with Crippen molar-refractivity contribution in [2.24, 2.45) is 0 Å². The number of ether oxygens (including phenoxy) is 2. The molecule has 4 nitrogen and oxygen atoms in total. The molecule has 0 aliphatic carbocycles. The predicted molar refractivity (Wildman–Crippen MR) is 90.8 cm³/mol. The van der Waals surface area contributed by atoms with E-state index in [0.29, 0.717) is 18.9 Å². The molecule has 0 aliphatic heterocycles. The summed E-state index contributed by atoms with van der Waals surface area (Å²) in [5, 5.41) is 2.74. The second-order valence-corrected chi connectivity index (χ2v) is 5.35. The largest absolute Gasteiger partial charge is 0.492 e. The Morgan fingerprint density at radius 2 is 1.71 bits per heavy atom. The van der Waals surface area contributed by atoms with Gasteiger partial charge in [-0.25, -0.2) is 4.39 Å². The van der Waals surface area contributed by atoms with E-state index in [2.05, 4.69) is 12.2 Å². The summed E-state index contributed by atoms with van der Waals surface area (Å²) in [6.45, 7) is 4.50. The van der Waals surface area contributed by atoms with Crippen molar-refractivity contribution < 1.29 is 18.7 Å². The molecular formula is C19H22FNO3. The summed E-state index contributed by atoms with van der Waals surface area (Å²) in [5.41, 5.74) is 1.25. The van der Waals surface area contributed by atoms with Crippen molar-refractivity contribution in [3.05, 3.63) is 59.9 Å². The van der Waals surface area contributed by atoms with Crippen molar-refractivity contribution in [1.29, 1.82) is 0 Å². The van der Waals surface area contributed by atoms with Crippen molar-refractivity contribution in [3.63, 3.8) is 0 Å². The van der Waals surface area contributed by atoms with Crippen LogP contribution in [0.1, 0.15) is 19.4 Å². The van der Waals surface area contributed by atoms with Crippen LogP contribution >= 0.6 is 0 Å². The quantitative estimate of drug-likeness (QED) is 0.755. The van der Waals surface area contributed by atoms with E-state index in [9.17, 15) is 9.18 Å². The zero-order chi connectivity index (χ0) is 17.4. The fourth-order valence-corrected chi connectivity index (χ4v) is 2.08. The topological polar surface area (TPSA) is 47.6 Å². The second-order valence-electron chi connectivity index (χ2n) is 5.35. The summed E-state index contributed by atoms with van der Waals surface area (Å²) < 4.78 is 23.8. The minimum absolute atomic E-state index is 0.246. The average Bonchev–Trinajstić information content (AvgIpc) is 2.61. The number of hydrogen-bond acceptors (Lipinski definition) is 3. The van der Waals surface area contributed by atoms with Gasteiger partial charge in [0.05, 0.1) is 6.54 Å². The maximum Gasteiger partial charge on any atom is 0.260 e. The Morgan fingerprint density at radius 1 is 1.08 bits per heavy atom. The van der Waals surface area contributed by atoms with Crippen LogP contribution < -0.4 is 14.8 Å². The maximum absolute atomic E-state index is 12.8. The first-order valence-electron chi connectivity index (χ1n) is 8.00. The first-order valence-corrected chi connectivity index (χ1v) is 8.00. The maximum atomic E-state index is 12.8. The lowest BCUT2D eigenvalue weighted by molar-refractivity contribution is -0.127. The van der Waals surface area contributed by atoms with Crippen LogP contribution in [0.2, 0.25) is 0 Å². The first kappa shape index (κ1) is 17.8. The summed E-state index contributed by atoms with van der Waals surface area (Å²) in [4.78, 5) is 11.9. The molecular weight excluding hydrogens is 309 g/mol. The molecule has 2 aromatic rings. The fourth-order valence-electron chi connectivity index (χ4n) is 2.08. The molecule has 24 heavy (non-hydrogen) atoms. The third kappa shape index (κ3) is 5.57. The van der Waals surface area contributed by atoms with Crippen molar-refractivity contribution in [3.8, 4) is 11.5 Å². The lowest BCUT2D eigenvalue weighted by Crippen LogP contribution is -2.38. The van der Waals surface area contributed by atoms with E-state index in [4.69, 9.17) is 9.47 Å². The van der Waals surface area contributed by atoms with Gasteiger partial charge in [-0.1, -0.05) is 19.1 Å². The normalized spacial score (nSPS) is 11.6. The number of benzene rings is 2. The van der Waals surface area contributed by atoms with Crippen molar-refractivity contribution in [2.75, 3.05) is 13.2 Å². The smallest absolute Gasteiger partial charge is 0.260 e. The Morgan fingerprint density at radius 3 is 2.33 bits per heavy atom. The minimum Gasteiger partial charge on any atom is -0.492 e. The van der Waals surface area contributed by atoms with Crippen LogP contribution in [0.5, 0.6) is 11.5 Å². The van der Waals surface area contributed by atoms with Gasteiger partial charge in [-0.05, 0) is 55.3 Å². The third-order valence-electron chi connectivity index (χ3n) is 3.50. The van der Waals surface area contributed by atoms with Gasteiger partial charge in [0.2, 0.25) is 0 Å². The molecule has 1 N–H and O–H groups in total. The summed E-state index contributed by atoms with van der Waals surface area (Å²) >= 11 is 0. The average molecular weight is 331 g/mol. The van der Waals surface area contributed by atoms with Crippen LogP contribution in [0.15, 0.2) is 48.5 Å². The summed E-state index contributed by atoms with van der Waals surface area (Å²) in [6, 6.07) is 13.4. The van der Waals surface area contributed by atoms with Crippen LogP contribution in [0.3, 0.4) is 0 Å². The van der Waals surface area contributed by atoms with Gasteiger partial charge in [-0.3, -0.25) is 4.79 Å². The third-order valence-corrected chi connectivity index (χ3v) is 3.50. The molecule has 2 aromatic carbocycles. The number of aryl methyl sites for hydroxylation is 1. The zero-order valence-electron chi connectivity index (χ0n) is 13.9. The van der Waals surface area contributed by atoms with Gasteiger partial charge in [-0.2, -0.15) is 0 Å². The van der Waals surface area contributed by atoms with E-state index in [1.165, 1.54) is 29.8 Å². The molecule has 0 fully saturated rings. The lowest BCUT2D eigenvalue weighted by Gasteiger charge is -2.15. The Balaban J connectivity index is 1.69. The highest BCUT2D eigenvalue weighted by atomic mass is 19.1. The summed E-state index contributed by atoms with van der Waals surface area (Å²) in [7, 11) is 0. The fraction of sp³-hybridized carbons (Fsp3) is 0.316. The van der Waals surface area contributed by atoms with Crippen molar-refractivity contribution >= 4 is 5.91 Å². The van der Waals surface area contributed by atoms with Crippen LogP contribution in [-0.4, -0.2) is 25.2 Å². The van der Waals surface area contributed by atoms with E-state index in [0.717, 1.165) is 12.2 Å². The Labute approximate surface area is 141 Å². The molecule has 0 heterocycles. The highest BCUT2D eigenvalue weighted by molar-refractivity contribution is 5.80. The van der Waals surface area contributed by atoms with E-state index in [-0.39, 0.29) is 11.7 Å². The number of nitrogens with one attached hydrogen (secondary N) is 1. The number of hydrogen-bond donors (Lipinski definition) is 1. The second kappa shape index (κ2) is 8.91. The Hall–Kier alpha value is -2.56. The van der Waals surface area contributed by atoms with E-state index in [1.54, 1.807) is 6.92 Å². The van der Waals surface area contributed by atoms with Crippen LogP contribution in [0.4, 0.5) is 4.39 Å². The van der Waals surface area contributed by atoms with E-state index in [1.807, 2.05) is 24.3 Å². The molecule has 128 valence electrons. The predicted octanol–water partition coefficient (Wildman–Crippen LogP) is 3.35. The monoisotopic (exact) mass is 331 g/mol. The lowest BCUT2D eigenvalue weighted by atomic mass is 10.2. The standard InChI is InChI=1S/C19H22FNO3/c1-3-15-4-8-17(9-5-15)23-13-12-21-19(22)14(2)24-18-10-6-16(20)7-11-18/h4-11,14H,3,12-13H2,1-2H3,(H,21,22). The van der Waals surface area contributed by atoms with Crippen LogP contribution in [0.25, 0.3) is 0 Å². The van der Waals surface area contributed by atoms with Crippen LogP contribution in [-0.2, 0) is 11.2 Å². The molecule has 0 spiro atoms. The Kier molecular flexibility index (Phi) is 6.61. The molecule has 0 saturated carbocycles. The van der Waals surface area contributed by atoms with Crippen molar-refractivity contribution in [1.82, 2.24) is 5.32 Å². The van der Waals surface area contributed by atoms with Gasteiger partial charge in [0.15, 0.2) is 6.10 Å². The van der Waals surface area contributed by atoms with E-state index >= 15 is 0 Å². The summed E-state index contributed by atoms with van der Waals surface area (Å²) in [6.07, 6.45) is 0.321. The molecule has 1 unspecified atom stereocenters. The molecule has 0 radical (unpaired) electrons. The Bertz CT molecular complexity index is 641. The van der Waals surface area contributed by atoms with Gasteiger partial charge in [0.25, 0.3) is 5.91 Å². The van der Waals surface area contributed by atoms with Gasteiger partial charge >= 0.3 is 0 Å². The van der Waals surface area contributed by atoms with Gasteiger partial charge in [0.1, 0.15) is 23.9 Å². The number of halogens is 1. The SMILES string of the molecule is CCc1ccc(OCCNC(=O)C(C)Oc2ccc(F)cc2)cc1. The highest BCUT2D eigenvalue weighted by Crippen LogP contribution is 2.13. The summed E-state index contributed by atoms with van der Waals surface area (Å²) in [5.74, 6) is 0.635. The molecule has 0 aromatic heterocycles. The molecule has 0 aliphatic rings. The molecule has 0 saturated heterocycles. The van der Waals surface area contributed by atoms with Gasteiger partial charge in [-0.15, -0.1) is 0 Å². The number of rotatable bonds is 8. The van der Waals surface area contributed by atoms with Gasteiger partial charge < -0.3 is 14.8 Å². The van der Waals surface area contributed by atoms with Crippen LogP contribution in [0, 0.1) is 5.82 Å². The van der Waals surface area contributed by atoms with Gasteiger partial charge in [0, 0.05) is 0 Å². The molecule has 0 bridgehead atoms. The number of carbonyl (C=O) groups is 1. The molecule has 1 amide bonds. The number of amides is 1. The molecule has 5 heteroatoms. The first-order chi connectivity index (χ1) is 11.6. The van der Waals surface area contributed by atoms with E-state index < -0.39 is 6.10 Å². The highest BCUT2D eigenvalue weighted by Gasteiger charge is 2.14. The zero-order valence-corrected chi connectivity index (χ0v) is 13.9. The molecule has 1 atom stereocenters. The molecule has 2 rings (SSSR count). The van der Waals surface area contributed by atoms with Crippen molar-refractivity contribution in [2.45, 2.75) is 26.4 Å². The minimum atomic E-state index is -0.667. The number of carbonyl (C=O) groups excluding carboxylic acids is 1.